The Hall–Kier alpha value is -2.93. The third-order valence-corrected chi connectivity index (χ3v) is 4.16. The molecule has 0 aromatic carbocycles. The van der Waals surface area contributed by atoms with Crippen LogP contribution in [-0.4, -0.2) is 46.2 Å². The van der Waals surface area contributed by atoms with Crippen LogP contribution >= 0.6 is 0 Å². The number of halogens is 1. The Morgan fingerprint density at radius 2 is 1.81 bits per heavy atom. The van der Waals surface area contributed by atoms with Gasteiger partial charge >= 0.3 is 0 Å². The molecule has 26 heavy (non-hydrogen) atoms. The summed E-state index contributed by atoms with van der Waals surface area (Å²) in [5.74, 6) is 0.253. The van der Waals surface area contributed by atoms with Crippen LogP contribution < -0.4 is 4.90 Å². The molecule has 0 spiro atoms. The first-order chi connectivity index (χ1) is 12.7. The molecular formula is C19H18FN5O. The third-order valence-electron chi connectivity index (χ3n) is 4.16. The number of morpholine rings is 1. The minimum absolute atomic E-state index is 0.293. The maximum absolute atomic E-state index is 14.3. The predicted octanol–water partition coefficient (Wildman–Crippen LogP) is 2.88. The van der Waals surface area contributed by atoms with Gasteiger partial charge in [-0.1, -0.05) is 6.07 Å². The van der Waals surface area contributed by atoms with E-state index in [0.717, 1.165) is 17.0 Å². The van der Waals surface area contributed by atoms with Crippen molar-refractivity contribution >= 4 is 5.82 Å². The van der Waals surface area contributed by atoms with Crippen molar-refractivity contribution in [3.63, 3.8) is 0 Å². The van der Waals surface area contributed by atoms with Crippen LogP contribution in [0.3, 0.4) is 0 Å². The molecule has 6 nitrogen and oxygen atoms in total. The first-order valence-electron chi connectivity index (χ1n) is 8.46. The average molecular weight is 351 g/mol. The van der Waals surface area contributed by atoms with Crippen LogP contribution in [0.25, 0.3) is 22.9 Å². The highest BCUT2D eigenvalue weighted by atomic mass is 19.1. The van der Waals surface area contributed by atoms with E-state index < -0.39 is 5.82 Å². The fraction of sp³-hybridized carbons (Fsp3) is 0.263. The number of hydrogen-bond acceptors (Lipinski definition) is 6. The van der Waals surface area contributed by atoms with Crippen LogP contribution in [0.1, 0.15) is 5.56 Å². The summed E-state index contributed by atoms with van der Waals surface area (Å²) in [7, 11) is 0. The van der Waals surface area contributed by atoms with E-state index in [1.165, 1.54) is 6.20 Å². The number of pyridine rings is 2. The standard InChI is InChI=1S/C19H18FN5O/c1-13-10-16(15-4-2-3-5-21-15)23-17(11-13)18-22-12-14(20)19(24-18)25-6-8-26-9-7-25/h2-5,10-12H,6-9H2,1H3. The van der Waals surface area contributed by atoms with Gasteiger partial charge in [0.25, 0.3) is 0 Å². The summed E-state index contributed by atoms with van der Waals surface area (Å²) in [6.45, 7) is 4.31. The number of anilines is 1. The molecule has 4 heterocycles. The topological polar surface area (TPSA) is 64.0 Å². The Morgan fingerprint density at radius 3 is 2.58 bits per heavy atom. The maximum Gasteiger partial charge on any atom is 0.183 e. The van der Waals surface area contributed by atoms with E-state index in [2.05, 4.69) is 19.9 Å². The van der Waals surface area contributed by atoms with Crippen molar-refractivity contribution < 1.29 is 9.13 Å². The molecule has 1 fully saturated rings. The van der Waals surface area contributed by atoms with Crippen molar-refractivity contribution in [3.05, 3.63) is 54.1 Å². The second-order valence-electron chi connectivity index (χ2n) is 6.09. The molecule has 7 heteroatoms. The van der Waals surface area contributed by atoms with Gasteiger partial charge in [-0.2, -0.15) is 0 Å². The lowest BCUT2D eigenvalue weighted by atomic mass is 10.1. The van der Waals surface area contributed by atoms with E-state index >= 15 is 0 Å². The highest BCUT2D eigenvalue weighted by molar-refractivity contribution is 5.62. The van der Waals surface area contributed by atoms with Gasteiger partial charge in [0, 0.05) is 19.3 Å². The third kappa shape index (κ3) is 3.39. The lowest BCUT2D eigenvalue weighted by molar-refractivity contribution is 0.122. The van der Waals surface area contributed by atoms with Gasteiger partial charge in [0.2, 0.25) is 0 Å². The molecule has 3 aromatic heterocycles. The second kappa shape index (κ2) is 7.13. The molecule has 0 N–H and O–H groups in total. The van der Waals surface area contributed by atoms with Crippen molar-refractivity contribution in [1.82, 2.24) is 19.9 Å². The molecule has 0 bridgehead atoms. The summed E-state index contributed by atoms with van der Waals surface area (Å²) in [6.07, 6.45) is 2.93. The van der Waals surface area contributed by atoms with Crippen molar-refractivity contribution in [2.75, 3.05) is 31.2 Å². The van der Waals surface area contributed by atoms with E-state index in [1.807, 2.05) is 42.2 Å². The van der Waals surface area contributed by atoms with E-state index in [-0.39, 0.29) is 0 Å². The smallest absolute Gasteiger partial charge is 0.183 e. The minimum atomic E-state index is -0.437. The van der Waals surface area contributed by atoms with Crippen molar-refractivity contribution in [1.29, 1.82) is 0 Å². The van der Waals surface area contributed by atoms with E-state index in [9.17, 15) is 4.39 Å². The molecule has 1 aliphatic rings. The molecule has 4 rings (SSSR count). The van der Waals surface area contributed by atoms with Gasteiger partial charge in [0.05, 0.1) is 30.8 Å². The second-order valence-corrected chi connectivity index (χ2v) is 6.09. The maximum atomic E-state index is 14.3. The lowest BCUT2D eigenvalue weighted by Gasteiger charge is -2.28. The zero-order valence-corrected chi connectivity index (χ0v) is 14.4. The summed E-state index contributed by atoms with van der Waals surface area (Å²) in [4.78, 5) is 19.5. The van der Waals surface area contributed by atoms with Crippen molar-refractivity contribution in [2.24, 2.45) is 0 Å². The molecular weight excluding hydrogens is 333 g/mol. The number of ether oxygens (including phenoxy) is 1. The number of rotatable bonds is 3. The molecule has 0 saturated carbocycles. The molecule has 3 aromatic rings. The number of aryl methyl sites for hydroxylation is 1. The minimum Gasteiger partial charge on any atom is -0.378 e. The van der Waals surface area contributed by atoms with Gasteiger partial charge in [0.1, 0.15) is 5.69 Å². The Morgan fingerprint density at radius 1 is 1.00 bits per heavy atom. The van der Waals surface area contributed by atoms with Gasteiger partial charge in [-0.05, 0) is 36.8 Å². The van der Waals surface area contributed by atoms with Crippen LogP contribution in [0.4, 0.5) is 10.2 Å². The molecule has 0 atom stereocenters. The molecule has 1 saturated heterocycles. The Labute approximate surface area is 150 Å². The van der Waals surface area contributed by atoms with Crippen LogP contribution in [-0.2, 0) is 4.74 Å². The summed E-state index contributed by atoms with van der Waals surface area (Å²) >= 11 is 0. The summed E-state index contributed by atoms with van der Waals surface area (Å²) in [5.41, 5.74) is 3.12. The van der Waals surface area contributed by atoms with E-state index in [1.54, 1.807) is 6.20 Å². The first kappa shape index (κ1) is 16.5. The average Bonchev–Trinajstić information content (AvgIpc) is 2.69. The molecule has 0 aliphatic carbocycles. The highest BCUT2D eigenvalue weighted by Crippen LogP contribution is 2.24. The van der Waals surface area contributed by atoms with Gasteiger partial charge in [0.15, 0.2) is 17.5 Å². The fourth-order valence-electron chi connectivity index (χ4n) is 2.91. The highest BCUT2D eigenvalue weighted by Gasteiger charge is 2.19. The molecule has 0 unspecified atom stereocenters. The Kier molecular flexibility index (Phi) is 4.53. The normalized spacial score (nSPS) is 14.5. The van der Waals surface area contributed by atoms with E-state index in [4.69, 9.17) is 4.74 Å². The molecule has 132 valence electrons. The summed E-state index contributed by atoms with van der Waals surface area (Å²) in [5, 5.41) is 0. The Bertz CT molecular complexity index is 913. The van der Waals surface area contributed by atoms with E-state index in [0.29, 0.717) is 43.6 Å². The number of nitrogens with zero attached hydrogens (tertiary/aromatic N) is 5. The largest absolute Gasteiger partial charge is 0.378 e. The predicted molar refractivity (Wildman–Crippen MR) is 96.2 cm³/mol. The van der Waals surface area contributed by atoms with Crippen molar-refractivity contribution in [2.45, 2.75) is 6.92 Å². The van der Waals surface area contributed by atoms with Crippen LogP contribution in [0.2, 0.25) is 0 Å². The number of hydrogen-bond donors (Lipinski definition) is 0. The van der Waals surface area contributed by atoms with Gasteiger partial charge < -0.3 is 9.64 Å². The fourth-order valence-corrected chi connectivity index (χ4v) is 2.91. The van der Waals surface area contributed by atoms with Crippen LogP contribution in [0, 0.1) is 12.7 Å². The monoisotopic (exact) mass is 351 g/mol. The molecule has 1 aliphatic heterocycles. The van der Waals surface area contributed by atoms with Crippen LogP contribution in [0.15, 0.2) is 42.7 Å². The summed E-state index contributed by atoms with van der Waals surface area (Å²) < 4.78 is 19.6. The van der Waals surface area contributed by atoms with Crippen LogP contribution in [0.5, 0.6) is 0 Å². The van der Waals surface area contributed by atoms with Crippen molar-refractivity contribution in [3.8, 4) is 22.9 Å². The first-order valence-corrected chi connectivity index (χ1v) is 8.46. The molecule has 0 amide bonds. The molecule has 0 radical (unpaired) electrons. The zero-order valence-electron chi connectivity index (χ0n) is 14.4. The number of aromatic nitrogens is 4. The summed E-state index contributed by atoms with van der Waals surface area (Å²) in [6, 6.07) is 9.52. The van der Waals surface area contributed by atoms with Gasteiger partial charge in [-0.15, -0.1) is 0 Å². The van der Waals surface area contributed by atoms with Gasteiger partial charge in [-0.3, -0.25) is 4.98 Å². The zero-order chi connectivity index (χ0) is 17.9. The van der Waals surface area contributed by atoms with Gasteiger partial charge in [-0.25, -0.2) is 19.3 Å². The lowest BCUT2D eigenvalue weighted by Crippen LogP contribution is -2.37. The SMILES string of the molecule is Cc1cc(-c2ccccn2)nc(-c2ncc(F)c(N3CCOCC3)n2)c1. The quantitative estimate of drug-likeness (QED) is 0.723. The Balaban J connectivity index is 1.74.